The largest absolute Gasteiger partial charge is 0.372 e. The first-order valence-electron chi connectivity index (χ1n) is 7.98. The molecule has 0 atom stereocenters. The van der Waals surface area contributed by atoms with Crippen LogP contribution in [-0.2, 0) is 12.8 Å². The number of nitrogens with zero attached hydrogens (tertiary/aromatic N) is 2. The Morgan fingerprint density at radius 2 is 1.75 bits per heavy atom. The minimum absolute atomic E-state index is 1.14. The zero-order chi connectivity index (χ0) is 13.9. The van der Waals surface area contributed by atoms with Gasteiger partial charge < -0.3 is 4.90 Å². The lowest BCUT2D eigenvalue weighted by molar-refractivity contribution is 0.743. The highest BCUT2D eigenvalue weighted by molar-refractivity contribution is 5.91. The maximum Gasteiger partial charge on any atom is 0.0375 e. The second-order valence-electron chi connectivity index (χ2n) is 5.84. The Morgan fingerprint density at radius 1 is 1.00 bits per heavy atom. The van der Waals surface area contributed by atoms with Crippen molar-refractivity contribution in [3.63, 3.8) is 0 Å². The van der Waals surface area contributed by atoms with E-state index in [-0.39, 0.29) is 0 Å². The molecule has 1 heterocycles. The van der Waals surface area contributed by atoms with E-state index in [2.05, 4.69) is 42.1 Å². The highest BCUT2D eigenvalue weighted by atomic mass is 15.1. The fourth-order valence-electron chi connectivity index (χ4n) is 3.42. The van der Waals surface area contributed by atoms with Crippen LogP contribution in [0.4, 0.5) is 5.69 Å². The van der Waals surface area contributed by atoms with Gasteiger partial charge in [-0.3, -0.25) is 4.98 Å². The number of hydrogen-bond donors (Lipinski definition) is 0. The lowest BCUT2D eigenvalue weighted by atomic mass is 9.89. The number of aryl methyl sites for hydroxylation is 2. The summed E-state index contributed by atoms with van der Waals surface area (Å²) in [5.41, 5.74) is 4.35. The molecule has 1 aromatic carbocycles. The molecule has 1 aromatic heterocycles. The third-order valence-electron chi connectivity index (χ3n) is 4.24. The quantitative estimate of drug-likeness (QED) is 0.801. The molecule has 0 saturated carbocycles. The maximum atomic E-state index is 4.43. The number of anilines is 1. The van der Waals surface area contributed by atoms with Gasteiger partial charge in [-0.1, -0.05) is 13.8 Å². The summed E-state index contributed by atoms with van der Waals surface area (Å²) >= 11 is 0. The predicted octanol–water partition coefficient (Wildman–Crippen LogP) is 4.35. The average molecular weight is 268 g/mol. The summed E-state index contributed by atoms with van der Waals surface area (Å²) in [6, 6.07) is 4.77. The number of benzene rings is 1. The van der Waals surface area contributed by atoms with E-state index in [1.807, 2.05) is 6.20 Å². The van der Waals surface area contributed by atoms with Crippen LogP contribution >= 0.6 is 0 Å². The molecule has 0 fully saturated rings. The Hall–Kier alpha value is -1.57. The minimum Gasteiger partial charge on any atom is -0.372 e. The third kappa shape index (κ3) is 2.39. The van der Waals surface area contributed by atoms with Crippen LogP contribution in [0.3, 0.4) is 0 Å². The van der Waals surface area contributed by atoms with E-state index in [0.29, 0.717) is 0 Å². The Labute approximate surface area is 121 Å². The van der Waals surface area contributed by atoms with Crippen LogP contribution in [0, 0.1) is 0 Å². The summed E-state index contributed by atoms with van der Waals surface area (Å²) in [5.74, 6) is 0. The van der Waals surface area contributed by atoms with Crippen molar-refractivity contribution in [2.24, 2.45) is 0 Å². The molecular weight excluding hydrogens is 244 g/mol. The topological polar surface area (TPSA) is 16.1 Å². The number of aromatic nitrogens is 1. The second-order valence-corrected chi connectivity index (χ2v) is 5.84. The molecule has 0 radical (unpaired) electrons. The van der Waals surface area contributed by atoms with Crippen molar-refractivity contribution in [2.45, 2.75) is 46.0 Å². The van der Waals surface area contributed by atoms with Crippen molar-refractivity contribution in [1.82, 2.24) is 4.98 Å². The van der Waals surface area contributed by atoms with Crippen molar-refractivity contribution >= 4 is 16.5 Å². The number of hydrogen-bond acceptors (Lipinski definition) is 2. The van der Waals surface area contributed by atoms with Crippen molar-refractivity contribution < 1.29 is 0 Å². The fraction of sp³-hybridized carbons (Fsp3) is 0.500. The summed E-state index contributed by atoms with van der Waals surface area (Å²) in [7, 11) is 0. The Kier molecular flexibility index (Phi) is 3.90. The molecule has 0 spiro atoms. The molecule has 0 unspecified atom stereocenters. The molecule has 1 aliphatic rings. The van der Waals surface area contributed by atoms with Crippen molar-refractivity contribution in [1.29, 1.82) is 0 Å². The highest BCUT2D eigenvalue weighted by Gasteiger charge is 2.15. The van der Waals surface area contributed by atoms with Gasteiger partial charge in [0, 0.05) is 36.6 Å². The number of rotatable bonds is 5. The molecule has 2 aromatic rings. The van der Waals surface area contributed by atoms with E-state index in [1.165, 1.54) is 59.7 Å². The molecule has 0 aliphatic heterocycles. The predicted molar refractivity (Wildman–Crippen MR) is 86.6 cm³/mol. The molecule has 3 rings (SSSR count). The summed E-state index contributed by atoms with van der Waals surface area (Å²) in [4.78, 5) is 6.96. The molecule has 2 nitrogen and oxygen atoms in total. The first-order valence-corrected chi connectivity index (χ1v) is 7.98. The lowest BCUT2D eigenvalue weighted by Gasteiger charge is -2.26. The standard InChI is InChI=1S/C18H24N2/c1-3-8-20(9-4-2)17-10-14-6-5-7-15-12-19-13-16(11-17)18(14)15/h10-13H,3-9H2,1-2H3. The van der Waals surface area contributed by atoms with Crippen LogP contribution in [0.15, 0.2) is 24.5 Å². The summed E-state index contributed by atoms with van der Waals surface area (Å²) in [6.45, 7) is 6.80. The normalized spacial score (nSPS) is 13.7. The summed E-state index contributed by atoms with van der Waals surface area (Å²) in [6.07, 6.45) is 10.2. The van der Waals surface area contributed by atoms with Crippen molar-refractivity contribution in [3.8, 4) is 0 Å². The first kappa shape index (κ1) is 13.4. The minimum atomic E-state index is 1.14. The number of pyridine rings is 1. The zero-order valence-electron chi connectivity index (χ0n) is 12.7. The van der Waals surface area contributed by atoms with Gasteiger partial charge >= 0.3 is 0 Å². The van der Waals surface area contributed by atoms with Crippen LogP contribution in [0.1, 0.15) is 44.2 Å². The molecule has 106 valence electrons. The maximum absolute atomic E-state index is 4.43. The Balaban J connectivity index is 2.09. The summed E-state index contributed by atoms with van der Waals surface area (Å²) in [5, 5.41) is 2.80. The molecule has 2 heteroatoms. The third-order valence-corrected chi connectivity index (χ3v) is 4.24. The highest BCUT2D eigenvalue weighted by Crippen LogP contribution is 2.33. The molecule has 0 amide bonds. The molecule has 1 aliphatic carbocycles. The van der Waals surface area contributed by atoms with Gasteiger partial charge in [-0.05, 0) is 60.7 Å². The Bertz CT molecular complexity index is 598. The van der Waals surface area contributed by atoms with E-state index in [1.54, 1.807) is 0 Å². The van der Waals surface area contributed by atoms with Gasteiger partial charge in [0.05, 0.1) is 0 Å². The van der Waals surface area contributed by atoms with Gasteiger partial charge in [-0.25, -0.2) is 0 Å². The lowest BCUT2D eigenvalue weighted by Crippen LogP contribution is -2.25. The molecule has 20 heavy (non-hydrogen) atoms. The molecule has 0 N–H and O–H groups in total. The van der Waals surface area contributed by atoms with Crippen LogP contribution in [0.25, 0.3) is 10.8 Å². The van der Waals surface area contributed by atoms with Crippen LogP contribution < -0.4 is 4.90 Å². The van der Waals surface area contributed by atoms with Gasteiger partial charge in [0.25, 0.3) is 0 Å². The van der Waals surface area contributed by atoms with E-state index >= 15 is 0 Å². The van der Waals surface area contributed by atoms with Crippen molar-refractivity contribution in [2.75, 3.05) is 18.0 Å². The fourth-order valence-corrected chi connectivity index (χ4v) is 3.42. The van der Waals surface area contributed by atoms with Gasteiger partial charge in [0.2, 0.25) is 0 Å². The van der Waals surface area contributed by atoms with Crippen LogP contribution in [0.2, 0.25) is 0 Å². The summed E-state index contributed by atoms with van der Waals surface area (Å²) < 4.78 is 0. The SMILES string of the molecule is CCCN(CCC)c1cc2c3c(cncc3c1)CCC2. The zero-order valence-corrected chi connectivity index (χ0v) is 12.7. The smallest absolute Gasteiger partial charge is 0.0375 e. The van der Waals surface area contributed by atoms with E-state index in [4.69, 9.17) is 0 Å². The van der Waals surface area contributed by atoms with Gasteiger partial charge in [-0.15, -0.1) is 0 Å². The van der Waals surface area contributed by atoms with Crippen molar-refractivity contribution in [3.05, 3.63) is 35.7 Å². The Morgan fingerprint density at radius 3 is 2.50 bits per heavy atom. The van der Waals surface area contributed by atoms with Gasteiger partial charge in [0.15, 0.2) is 0 Å². The van der Waals surface area contributed by atoms with E-state index in [0.717, 1.165) is 13.1 Å². The average Bonchev–Trinajstić information content (AvgIpc) is 2.47. The monoisotopic (exact) mass is 268 g/mol. The first-order chi connectivity index (χ1) is 9.83. The molecule has 0 saturated heterocycles. The van der Waals surface area contributed by atoms with Gasteiger partial charge in [-0.2, -0.15) is 0 Å². The molecular formula is C18H24N2. The van der Waals surface area contributed by atoms with Crippen LogP contribution in [-0.4, -0.2) is 18.1 Å². The van der Waals surface area contributed by atoms with Gasteiger partial charge in [0.1, 0.15) is 0 Å². The van der Waals surface area contributed by atoms with E-state index in [9.17, 15) is 0 Å². The molecule has 0 bridgehead atoms. The second kappa shape index (κ2) is 5.82. The van der Waals surface area contributed by atoms with Crippen LogP contribution in [0.5, 0.6) is 0 Å². The van der Waals surface area contributed by atoms with E-state index < -0.39 is 0 Å².